The van der Waals surface area contributed by atoms with E-state index in [-0.39, 0.29) is 5.91 Å². The van der Waals surface area contributed by atoms with Crippen LogP contribution in [0.2, 0.25) is 0 Å². The van der Waals surface area contributed by atoms with E-state index in [0.29, 0.717) is 6.54 Å². The largest absolute Gasteiger partial charge is 0.329 e. The van der Waals surface area contributed by atoms with Crippen LogP contribution in [0.5, 0.6) is 0 Å². The van der Waals surface area contributed by atoms with Gasteiger partial charge in [-0.3, -0.25) is 9.48 Å². The summed E-state index contributed by atoms with van der Waals surface area (Å²) in [5.74, 6) is 0.00383. The smallest absolute Gasteiger partial charge is 0.231 e. The predicted octanol–water partition coefficient (Wildman–Crippen LogP) is 3.59. The third kappa shape index (κ3) is 4.45. The second-order valence-electron chi connectivity index (χ2n) is 6.01. The molecule has 0 saturated heterocycles. The average Bonchev–Trinajstić information content (AvgIpc) is 3.02. The number of nitrogens with two attached hydrogens (primary N) is 1. The molecule has 0 radical (unpaired) electrons. The standard InChI is InChI=1S/C18H25BrN4O/c1-3-18(4-2,13-20)17(24)22-16-7-5-14(6-8-16)9-10-23-12-15(19)11-21-23/h5-8,11-12H,3-4,9-10,13,20H2,1-2H3,(H,22,24). The molecule has 1 aromatic heterocycles. The molecule has 0 aliphatic heterocycles. The Hall–Kier alpha value is -1.66. The molecule has 0 aliphatic carbocycles. The highest BCUT2D eigenvalue weighted by atomic mass is 79.9. The van der Waals surface area contributed by atoms with Gasteiger partial charge in [0.25, 0.3) is 0 Å². The first-order valence-electron chi connectivity index (χ1n) is 8.31. The Kier molecular flexibility index (Phi) is 6.57. The van der Waals surface area contributed by atoms with Crippen LogP contribution in [-0.2, 0) is 17.8 Å². The zero-order valence-corrected chi connectivity index (χ0v) is 15.8. The highest BCUT2D eigenvalue weighted by Crippen LogP contribution is 2.27. The number of hydrogen-bond acceptors (Lipinski definition) is 3. The van der Waals surface area contributed by atoms with Gasteiger partial charge in [-0.15, -0.1) is 0 Å². The first kappa shape index (κ1) is 18.7. The number of benzene rings is 1. The number of carbonyl (C=O) groups is 1. The van der Waals surface area contributed by atoms with Crippen molar-refractivity contribution < 1.29 is 4.79 Å². The van der Waals surface area contributed by atoms with Crippen LogP contribution in [0.25, 0.3) is 0 Å². The van der Waals surface area contributed by atoms with Crippen molar-refractivity contribution in [3.05, 3.63) is 46.7 Å². The van der Waals surface area contributed by atoms with Crippen LogP contribution >= 0.6 is 15.9 Å². The van der Waals surface area contributed by atoms with Crippen LogP contribution in [0.3, 0.4) is 0 Å². The van der Waals surface area contributed by atoms with Crippen LogP contribution in [0, 0.1) is 5.41 Å². The topological polar surface area (TPSA) is 72.9 Å². The summed E-state index contributed by atoms with van der Waals surface area (Å²) in [7, 11) is 0. The van der Waals surface area contributed by atoms with Gasteiger partial charge in [0.15, 0.2) is 0 Å². The zero-order valence-electron chi connectivity index (χ0n) is 14.3. The molecule has 0 atom stereocenters. The fourth-order valence-corrected chi connectivity index (χ4v) is 3.00. The summed E-state index contributed by atoms with van der Waals surface area (Å²) in [5, 5.41) is 7.24. The zero-order chi connectivity index (χ0) is 17.6. The molecule has 130 valence electrons. The van der Waals surface area contributed by atoms with Crippen LogP contribution in [0.1, 0.15) is 32.3 Å². The second kappa shape index (κ2) is 8.44. The molecule has 5 nitrogen and oxygen atoms in total. The Morgan fingerprint density at radius 1 is 1.29 bits per heavy atom. The van der Waals surface area contributed by atoms with Crippen molar-refractivity contribution >= 4 is 27.5 Å². The number of aryl methyl sites for hydroxylation is 2. The molecule has 2 aromatic rings. The van der Waals surface area contributed by atoms with Crippen LogP contribution < -0.4 is 11.1 Å². The maximum Gasteiger partial charge on any atom is 0.231 e. The molecule has 2 rings (SSSR count). The average molecular weight is 393 g/mol. The van der Waals surface area contributed by atoms with E-state index in [9.17, 15) is 4.79 Å². The van der Waals surface area contributed by atoms with Gasteiger partial charge >= 0.3 is 0 Å². The third-order valence-corrected chi connectivity index (χ3v) is 5.08. The molecule has 3 N–H and O–H groups in total. The summed E-state index contributed by atoms with van der Waals surface area (Å²) in [6.07, 6.45) is 6.10. The van der Waals surface area contributed by atoms with Gasteiger partial charge in [0.05, 0.1) is 16.1 Å². The van der Waals surface area contributed by atoms with E-state index in [0.717, 1.165) is 36.0 Å². The number of anilines is 1. The number of aromatic nitrogens is 2. The van der Waals surface area contributed by atoms with Crippen molar-refractivity contribution in [3.63, 3.8) is 0 Å². The van der Waals surface area contributed by atoms with Crippen LogP contribution in [0.4, 0.5) is 5.69 Å². The van der Waals surface area contributed by atoms with Crippen LogP contribution in [0.15, 0.2) is 41.1 Å². The molecule has 0 aliphatic rings. The Morgan fingerprint density at radius 3 is 2.46 bits per heavy atom. The molecule has 1 amide bonds. The quantitative estimate of drug-likeness (QED) is 0.720. The molecule has 0 saturated carbocycles. The van der Waals surface area contributed by atoms with Gasteiger partial charge < -0.3 is 11.1 Å². The minimum Gasteiger partial charge on any atom is -0.329 e. The number of rotatable bonds is 8. The second-order valence-corrected chi connectivity index (χ2v) is 6.93. The Morgan fingerprint density at radius 2 is 1.96 bits per heavy atom. The van der Waals surface area contributed by atoms with Gasteiger partial charge in [-0.2, -0.15) is 5.10 Å². The van der Waals surface area contributed by atoms with E-state index in [1.54, 1.807) is 6.20 Å². The Bertz CT molecular complexity index is 654. The van der Waals surface area contributed by atoms with Gasteiger partial charge in [-0.1, -0.05) is 26.0 Å². The minimum atomic E-state index is -0.480. The summed E-state index contributed by atoms with van der Waals surface area (Å²) in [6, 6.07) is 7.96. The lowest BCUT2D eigenvalue weighted by Crippen LogP contribution is -2.41. The summed E-state index contributed by atoms with van der Waals surface area (Å²) in [4.78, 5) is 12.5. The molecule has 24 heavy (non-hydrogen) atoms. The van der Waals surface area contributed by atoms with Crippen molar-refractivity contribution in [2.24, 2.45) is 11.1 Å². The van der Waals surface area contributed by atoms with E-state index in [1.807, 2.05) is 49.0 Å². The molecule has 0 bridgehead atoms. The highest BCUT2D eigenvalue weighted by Gasteiger charge is 2.33. The third-order valence-electron chi connectivity index (χ3n) is 4.67. The summed E-state index contributed by atoms with van der Waals surface area (Å²) >= 11 is 3.39. The number of hydrogen-bond donors (Lipinski definition) is 2. The van der Waals surface area contributed by atoms with E-state index >= 15 is 0 Å². The van der Waals surface area contributed by atoms with E-state index in [1.165, 1.54) is 5.56 Å². The fourth-order valence-electron chi connectivity index (χ4n) is 2.68. The molecular formula is C18H25BrN4O. The molecule has 1 heterocycles. The lowest BCUT2D eigenvalue weighted by Gasteiger charge is -2.28. The number of amides is 1. The fraction of sp³-hybridized carbons (Fsp3) is 0.444. The summed E-state index contributed by atoms with van der Waals surface area (Å²) in [5.41, 5.74) is 7.37. The van der Waals surface area contributed by atoms with Gasteiger partial charge in [0.1, 0.15) is 0 Å². The van der Waals surface area contributed by atoms with Crippen molar-refractivity contribution in [1.82, 2.24) is 9.78 Å². The monoisotopic (exact) mass is 392 g/mol. The predicted molar refractivity (Wildman–Crippen MR) is 101 cm³/mol. The van der Waals surface area contributed by atoms with Crippen molar-refractivity contribution in [3.8, 4) is 0 Å². The lowest BCUT2D eigenvalue weighted by atomic mass is 9.81. The van der Waals surface area contributed by atoms with E-state index in [4.69, 9.17) is 5.73 Å². The van der Waals surface area contributed by atoms with Gasteiger partial charge in [-0.25, -0.2) is 0 Å². The SMILES string of the molecule is CCC(CC)(CN)C(=O)Nc1ccc(CCn2cc(Br)cn2)cc1. The first-order chi connectivity index (χ1) is 11.5. The van der Waals surface area contributed by atoms with Crippen molar-refractivity contribution in [1.29, 1.82) is 0 Å². The van der Waals surface area contributed by atoms with Crippen LogP contribution in [-0.4, -0.2) is 22.2 Å². The maximum atomic E-state index is 12.5. The number of nitrogens with one attached hydrogen (secondary N) is 1. The van der Waals surface area contributed by atoms with Gasteiger partial charge in [0, 0.05) is 25.0 Å². The number of nitrogens with zero attached hydrogens (tertiary/aromatic N) is 2. The lowest BCUT2D eigenvalue weighted by molar-refractivity contribution is -0.125. The normalized spacial score (nSPS) is 11.5. The van der Waals surface area contributed by atoms with Gasteiger partial charge in [0.2, 0.25) is 5.91 Å². The first-order valence-corrected chi connectivity index (χ1v) is 9.10. The molecule has 6 heteroatoms. The summed E-state index contributed by atoms with van der Waals surface area (Å²) in [6.45, 7) is 5.20. The Labute approximate surface area is 151 Å². The minimum absolute atomic E-state index is 0.00383. The van der Waals surface area contributed by atoms with Crippen molar-refractivity contribution in [2.75, 3.05) is 11.9 Å². The number of carbonyl (C=O) groups excluding carboxylic acids is 1. The van der Waals surface area contributed by atoms with Crippen molar-refractivity contribution in [2.45, 2.75) is 39.7 Å². The highest BCUT2D eigenvalue weighted by molar-refractivity contribution is 9.10. The van der Waals surface area contributed by atoms with E-state index in [2.05, 4.69) is 26.3 Å². The molecule has 0 unspecified atom stereocenters. The molecule has 0 spiro atoms. The Balaban J connectivity index is 1.95. The molecular weight excluding hydrogens is 368 g/mol. The molecule has 0 fully saturated rings. The van der Waals surface area contributed by atoms with E-state index < -0.39 is 5.41 Å². The molecule has 1 aromatic carbocycles. The van der Waals surface area contributed by atoms with Gasteiger partial charge in [-0.05, 0) is 52.9 Å². The summed E-state index contributed by atoms with van der Waals surface area (Å²) < 4.78 is 2.88. The maximum absolute atomic E-state index is 12.5. The number of halogens is 1.